The number of aliphatic hydroxyl groups is 4. The molecule has 0 spiro atoms. The van der Waals surface area contributed by atoms with E-state index in [1.807, 2.05) is 0 Å². The van der Waals surface area contributed by atoms with Crippen molar-refractivity contribution >= 4 is 0 Å². The first-order valence-corrected chi connectivity index (χ1v) is 25.8. The van der Waals surface area contributed by atoms with Crippen molar-refractivity contribution in [3.05, 3.63) is 164 Å². The van der Waals surface area contributed by atoms with Gasteiger partial charge in [-0.25, -0.2) is 0 Å². The van der Waals surface area contributed by atoms with Crippen molar-refractivity contribution in [1.82, 2.24) is 0 Å². The largest absolute Gasteiger partial charge is 0.508 e. The van der Waals surface area contributed by atoms with Crippen molar-refractivity contribution in [3.63, 3.8) is 0 Å². The fourth-order valence-corrected chi connectivity index (χ4v) is 12.6. The summed E-state index contributed by atoms with van der Waals surface area (Å²) in [4.78, 5) is 0. The second-order valence-corrected chi connectivity index (χ2v) is 21.2. The maximum absolute atomic E-state index is 13.1. The third kappa shape index (κ3) is 7.68. The zero-order valence-electron chi connectivity index (χ0n) is 42.8. The molecule has 0 amide bonds. The van der Waals surface area contributed by atoms with Crippen LogP contribution in [0.4, 0.5) is 0 Å². The Labute approximate surface area is 471 Å². The molecule has 13 rings (SSSR count). The summed E-state index contributed by atoms with van der Waals surface area (Å²) in [5.41, 5.74) is -2.64. The Hall–Kier alpha value is -10.4. The van der Waals surface area contributed by atoms with E-state index >= 15 is 0 Å². The van der Waals surface area contributed by atoms with E-state index in [1.54, 1.807) is 0 Å². The Morgan fingerprint density at radius 1 is 0.333 bits per heavy atom. The summed E-state index contributed by atoms with van der Waals surface area (Å²) in [6.45, 7) is 0. The lowest BCUT2D eigenvalue weighted by Crippen LogP contribution is -2.57. The summed E-state index contributed by atoms with van der Waals surface area (Å²) in [6.07, 6.45) is -13.0. The molecule has 0 aromatic heterocycles. The molecule has 0 aliphatic carbocycles. The summed E-state index contributed by atoms with van der Waals surface area (Å²) in [6, 6.07) is 18.2. The van der Waals surface area contributed by atoms with E-state index in [4.69, 9.17) is 23.7 Å². The van der Waals surface area contributed by atoms with E-state index in [0.29, 0.717) is 0 Å². The minimum absolute atomic E-state index is 0.0872. The van der Waals surface area contributed by atoms with Crippen LogP contribution in [-0.2, 0) is 12.2 Å². The molecule has 8 aromatic rings. The molecule has 11 atom stereocenters. The normalized spacial score (nSPS) is 25.1. The number of ether oxygens (including phenoxy) is 5. The second kappa shape index (κ2) is 18.6. The molecule has 5 heterocycles. The Bertz CT molecular complexity index is 4110. The van der Waals surface area contributed by atoms with Gasteiger partial charge in [0.1, 0.15) is 93.4 Å². The van der Waals surface area contributed by atoms with Crippen molar-refractivity contribution < 1.29 is 121 Å². The molecule has 0 radical (unpaired) electrons. The minimum atomic E-state index is -2.44. The molecule has 2 bridgehead atoms. The maximum Gasteiger partial charge on any atom is 0.305 e. The third-order valence-electron chi connectivity index (χ3n) is 16.4. The summed E-state index contributed by atoms with van der Waals surface area (Å²) in [7, 11) is 0. The van der Waals surface area contributed by atoms with Crippen LogP contribution in [0.15, 0.2) is 103 Å². The molecule has 5 aliphatic rings. The van der Waals surface area contributed by atoms with Gasteiger partial charge >= 0.3 is 5.79 Å². The first-order valence-electron chi connectivity index (χ1n) is 25.8. The van der Waals surface area contributed by atoms with Crippen molar-refractivity contribution in [2.75, 3.05) is 0 Å². The first-order chi connectivity index (χ1) is 40.0. The van der Waals surface area contributed by atoms with E-state index < -0.39 is 193 Å². The number of hydrogen-bond acceptors (Lipinski definition) is 24. The number of fused-ring (bicyclic) bond motifs is 10. The van der Waals surface area contributed by atoms with Gasteiger partial charge in [-0.15, -0.1) is 0 Å². The lowest BCUT2D eigenvalue weighted by molar-refractivity contribution is -0.219. The zero-order valence-corrected chi connectivity index (χ0v) is 42.8. The van der Waals surface area contributed by atoms with Crippen LogP contribution >= 0.6 is 0 Å². The van der Waals surface area contributed by atoms with E-state index in [2.05, 4.69) is 0 Å². The number of hydrogen-bond donors (Lipinski definition) is 19. The molecule has 0 saturated heterocycles. The standard InChI is InChI=1S/C60H48O24/c61-23-13-34(71)42-40(14-23)83-60(22-4-8-28(65)33(70)12-22)59(79)50(42)47-41(84-60)18-38(75)46-49(52(78)55(82-58(46)47)21-3-7-27(64)32(69)11-21)45-37(74)17-36(73)44-48(51(77)54(81-57(44)45)20-2-6-26(63)31(68)10-20)43-35(72)16-29(66)24-15-39(76)53(80-56(24)43)19-1-5-25(62)30(67)9-19/h1-14,16-18,39,48-55,59,61-79H,15H2/t39-,48-,49-,50-,51+,52-,53-,54-,55-,59-,60+/m1/s1. The van der Waals surface area contributed by atoms with Crippen LogP contribution in [-0.4, -0.2) is 121 Å². The molecular formula is C60H48O24. The number of rotatable bonds is 6. The molecular weight excluding hydrogens is 1100 g/mol. The highest BCUT2D eigenvalue weighted by atomic mass is 16.7. The summed E-state index contributed by atoms with van der Waals surface area (Å²) >= 11 is 0. The van der Waals surface area contributed by atoms with Crippen LogP contribution in [0.5, 0.6) is 115 Å². The molecule has 0 unspecified atom stereocenters. The topological polar surface area (TPSA) is 431 Å². The van der Waals surface area contributed by atoms with E-state index in [-0.39, 0.29) is 56.2 Å². The fourth-order valence-electron chi connectivity index (χ4n) is 12.6. The minimum Gasteiger partial charge on any atom is -0.508 e. The van der Waals surface area contributed by atoms with Gasteiger partial charge in [0.05, 0.1) is 23.9 Å². The van der Waals surface area contributed by atoms with E-state index in [9.17, 15) is 97.0 Å². The molecule has 432 valence electrons. The summed E-state index contributed by atoms with van der Waals surface area (Å²) in [5, 5.41) is 218. The highest BCUT2D eigenvalue weighted by molar-refractivity contribution is 5.74. The molecule has 24 nitrogen and oxygen atoms in total. The molecule has 19 N–H and O–H groups in total. The average Bonchev–Trinajstić information content (AvgIpc) is 0.881. The van der Waals surface area contributed by atoms with Crippen LogP contribution in [0.2, 0.25) is 0 Å². The van der Waals surface area contributed by atoms with Crippen LogP contribution < -0.4 is 23.7 Å². The third-order valence-corrected chi connectivity index (χ3v) is 16.4. The predicted molar refractivity (Wildman–Crippen MR) is 283 cm³/mol. The average molecular weight is 1150 g/mol. The van der Waals surface area contributed by atoms with Gasteiger partial charge < -0.3 is 121 Å². The number of aromatic hydroxyl groups is 15. The van der Waals surface area contributed by atoms with E-state index in [1.165, 1.54) is 24.3 Å². The first kappa shape index (κ1) is 52.9. The van der Waals surface area contributed by atoms with Gasteiger partial charge in [-0.1, -0.05) is 18.2 Å². The Morgan fingerprint density at radius 3 is 1.24 bits per heavy atom. The van der Waals surface area contributed by atoms with Crippen LogP contribution in [0.1, 0.15) is 97.3 Å². The highest BCUT2D eigenvalue weighted by Crippen LogP contribution is 2.67. The molecule has 0 saturated carbocycles. The maximum atomic E-state index is 13.1. The van der Waals surface area contributed by atoms with E-state index in [0.717, 1.165) is 78.9 Å². The number of benzene rings is 8. The number of phenolic OH excluding ortho intramolecular Hbond substituents is 15. The second-order valence-electron chi connectivity index (χ2n) is 21.2. The van der Waals surface area contributed by atoms with Crippen LogP contribution in [0.25, 0.3) is 0 Å². The van der Waals surface area contributed by atoms with Gasteiger partial charge in [0.15, 0.2) is 58.2 Å². The van der Waals surface area contributed by atoms with Crippen LogP contribution in [0, 0.1) is 0 Å². The highest BCUT2D eigenvalue weighted by Gasteiger charge is 2.61. The lowest BCUT2D eigenvalue weighted by Gasteiger charge is -2.51. The lowest BCUT2D eigenvalue weighted by atomic mass is 9.71. The molecule has 0 fully saturated rings. The molecule has 8 aromatic carbocycles. The molecule has 84 heavy (non-hydrogen) atoms. The Balaban J connectivity index is 1.09. The van der Waals surface area contributed by atoms with Gasteiger partial charge in [-0.2, -0.15) is 0 Å². The van der Waals surface area contributed by atoms with Gasteiger partial charge in [0.2, 0.25) is 0 Å². The number of phenols is 15. The Kier molecular flexibility index (Phi) is 11.7. The smallest absolute Gasteiger partial charge is 0.305 e. The van der Waals surface area contributed by atoms with Crippen molar-refractivity contribution in [1.29, 1.82) is 0 Å². The SMILES string of the molecule is Oc1cc(O)c2c(c1)O[C@@]1(c3ccc(O)c(O)c3)Oc3cc(O)c4c(c3[C@@H]2[C@H]1O)O[C@H](c1ccc(O)c(O)c1)[C@H](O)[C@@H]4c1c(O)cc(O)c2c1O[C@H](c1ccc(O)c(O)c1)[C@@H](O)[C@@H]2c1c(O)cc(O)c2c1O[C@H](c1ccc(O)c(O)c1)[C@H](O)C2. The van der Waals surface area contributed by atoms with Crippen molar-refractivity contribution in [2.45, 2.75) is 72.7 Å². The van der Waals surface area contributed by atoms with Gasteiger partial charge in [0, 0.05) is 81.3 Å². The van der Waals surface area contributed by atoms with Gasteiger partial charge in [-0.3, -0.25) is 0 Å². The van der Waals surface area contributed by atoms with Crippen LogP contribution in [0.3, 0.4) is 0 Å². The zero-order chi connectivity index (χ0) is 59.4. The molecule has 5 aliphatic heterocycles. The number of aliphatic hydroxyl groups excluding tert-OH is 4. The fraction of sp³-hybridized carbons (Fsp3) is 0.200. The molecule has 24 heteroatoms. The Morgan fingerprint density at radius 2 is 0.738 bits per heavy atom. The summed E-state index contributed by atoms with van der Waals surface area (Å²) < 4.78 is 32.7. The monoisotopic (exact) mass is 1150 g/mol. The summed E-state index contributed by atoms with van der Waals surface area (Å²) in [5.74, 6) is -20.1. The van der Waals surface area contributed by atoms with Crippen molar-refractivity contribution in [3.8, 4) is 115 Å². The quantitative estimate of drug-likeness (QED) is 0.0889. The van der Waals surface area contributed by atoms with Crippen molar-refractivity contribution in [2.24, 2.45) is 0 Å². The predicted octanol–water partition coefficient (Wildman–Crippen LogP) is 5.69. The van der Waals surface area contributed by atoms with Gasteiger partial charge in [0.25, 0.3) is 0 Å². The van der Waals surface area contributed by atoms with Gasteiger partial charge in [-0.05, 0) is 71.3 Å².